The summed E-state index contributed by atoms with van der Waals surface area (Å²) in [5.74, 6) is 0.352. The lowest BCUT2D eigenvalue weighted by Gasteiger charge is -2.25. The second-order valence-electron chi connectivity index (χ2n) is 6.01. The van der Waals surface area contributed by atoms with Crippen molar-refractivity contribution in [2.45, 2.75) is 25.6 Å². The van der Waals surface area contributed by atoms with E-state index in [1.54, 1.807) is 18.7 Å². The summed E-state index contributed by atoms with van der Waals surface area (Å²) in [6.45, 7) is 4.01. The van der Waals surface area contributed by atoms with Crippen LogP contribution in [0.4, 0.5) is 0 Å². The predicted molar refractivity (Wildman–Crippen MR) is 112 cm³/mol. The third-order valence-corrected chi connectivity index (χ3v) is 5.46. The number of carbonyl (C=O) groups excluding carboxylic acids is 1. The molecule has 0 saturated heterocycles. The van der Waals surface area contributed by atoms with E-state index in [-0.39, 0.29) is 12.0 Å². The average molecular weight is 401 g/mol. The van der Waals surface area contributed by atoms with E-state index in [1.807, 2.05) is 61.5 Å². The topological polar surface area (TPSA) is 50.7 Å². The van der Waals surface area contributed by atoms with Gasteiger partial charge >= 0.3 is 5.97 Å². The Labute approximate surface area is 168 Å². The first-order valence-corrected chi connectivity index (χ1v) is 10.1. The van der Waals surface area contributed by atoms with Gasteiger partial charge in [-0.15, -0.1) is 0 Å². The molecule has 0 fully saturated rings. The molecule has 6 heteroatoms. The molecular formula is C21H21ClN2O2S. The number of hydrogen-bond donors (Lipinski definition) is 1. The van der Waals surface area contributed by atoms with Crippen LogP contribution in [0.3, 0.4) is 0 Å². The van der Waals surface area contributed by atoms with Crippen LogP contribution in [0, 0.1) is 0 Å². The first-order valence-electron chi connectivity index (χ1n) is 8.74. The molecule has 1 aliphatic rings. The van der Waals surface area contributed by atoms with Crippen molar-refractivity contribution in [3.8, 4) is 0 Å². The molecule has 0 bridgehead atoms. The Hall–Kier alpha value is -2.24. The van der Waals surface area contributed by atoms with Gasteiger partial charge in [0.25, 0.3) is 0 Å². The van der Waals surface area contributed by atoms with Crippen LogP contribution in [-0.4, -0.2) is 17.7 Å². The van der Waals surface area contributed by atoms with E-state index in [9.17, 15) is 4.79 Å². The van der Waals surface area contributed by atoms with E-state index in [1.165, 1.54) is 0 Å². The van der Waals surface area contributed by atoms with Crippen LogP contribution in [0.2, 0.25) is 5.02 Å². The van der Waals surface area contributed by atoms with Crippen LogP contribution in [0.1, 0.15) is 31.0 Å². The highest BCUT2D eigenvalue weighted by atomic mass is 35.5. The van der Waals surface area contributed by atoms with Gasteiger partial charge in [-0.1, -0.05) is 71.9 Å². The van der Waals surface area contributed by atoms with Crippen LogP contribution >= 0.6 is 23.4 Å². The van der Waals surface area contributed by atoms with Gasteiger partial charge in [0.1, 0.15) is 6.04 Å². The number of hydrogen-bond acceptors (Lipinski definition) is 5. The molecule has 1 N–H and O–H groups in total. The highest BCUT2D eigenvalue weighted by Crippen LogP contribution is 2.33. The molecular weight excluding hydrogens is 380 g/mol. The van der Waals surface area contributed by atoms with Gasteiger partial charge in [0.15, 0.2) is 5.17 Å². The molecule has 2 aromatic carbocycles. The van der Waals surface area contributed by atoms with Crippen molar-refractivity contribution in [1.82, 2.24) is 5.32 Å². The third kappa shape index (κ3) is 4.73. The Bertz CT molecular complexity index is 881. The number of benzene rings is 2. The minimum absolute atomic E-state index is 0.328. The fraction of sp³-hybridized carbons (Fsp3) is 0.238. The smallest absolute Gasteiger partial charge is 0.338 e. The Morgan fingerprint density at radius 2 is 1.89 bits per heavy atom. The first-order chi connectivity index (χ1) is 13.1. The fourth-order valence-corrected chi connectivity index (χ4v) is 4.06. The maximum Gasteiger partial charge on any atom is 0.338 e. The number of nitrogens with zero attached hydrogens (tertiary/aromatic N) is 1. The SMILES string of the molecule is CCOC(=O)C1=C(C)NC(SCc2ccccc2Cl)=NC1c1ccccc1. The largest absolute Gasteiger partial charge is 0.463 e. The summed E-state index contributed by atoms with van der Waals surface area (Å²) in [6, 6.07) is 17.2. The minimum Gasteiger partial charge on any atom is -0.463 e. The van der Waals surface area contributed by atoms with Crippen molar-refractivity contribution in [2.75, 3.05) is 6.61 Å². The van der Waals surface area contributed by atoms with Gasteiger partial charge in [0.05, 0.1) is 12.2 Å². The van der Waals surface area contributed by atoms with E-state index in [4.69, 9.17) is 21.3 Å². The monoisotopic (exact) mass is 400 g/mol. The molecule has 0 aromatic heterocycles. The van der Waals surface area contributed by atoms with Crippen molar-refractivity contribution >= 4 is 34.5 Å². The maximum absolute atomic E-state index is 12.5. The van der Waals surface area contributed by atoms with Gasteiger partial charge in [0, 0.05) is 16.5 Å². The zero-order valence-electron chi connectivity index (χ0n) is 15.2. The molecule has 0 aliphatic carbocycles. The van der Waals surface area contributed by atoms with Gasteiger partial charge in [-0.3, -0.25) is 0 Å². The maximum atomic E-state index is 12.5. The Balaban J connectivity index is 1.87. The van der Waals surface area contributed by atoms with Crippen LogP contribution < -0.4 is 5.32 Å². The average Bonchev–Trinajstić information content (AvgIpc) is 2.67. The molecule has 1 atom stereocenters. The summed E-state index contributed by atoms with van der Waals surface area (Å²) in [5, 5.41) is 4.74. The van der Waals surface area contributed by atoms with Gasteiger partial charge in [0.2, 0.25) is 0 Å². The van der Waals surface area contributed by atoms with Crippen LogP contribution in [0.25, 0.3) is 0 Å². The third-order valence-electron chi connectivity index (χ3n) is 4.15. The van der Waals surface area contributed by atoms with Crippen molar-refractivity contribution in [3.05, 3.63) is 82.0 Å². The number of nitrogens with one attached hydrogen (secondary N) is 1. The number of ether oxygens (including phenoxy) is 1. The first kappa shape index (κ1) is 19.5. The lowest BCUT2D eigenvalue weighted by Crippen LogP contribution is -2.30. The standard InChI is InChI=1S/C21H21ClN2O2S/c1-3-26-20(25)18-14(2)23-21(24-19(18)15-9-5-4-6-10-15)27-13-16-11-7-8-12-17(16)22/h4-12,19H,3,13H2,1-2H3,(H,23,24). The highest BCUT2D eigenvalue weighted by molar-refractivity contribution is 8.13. The van der Waals surface area contributed by atoms with E-state index < -0.39 is 0 Å². The van der Waals surface area contributed by atoms with Gasteiger partial charge in [-0.25, -0.2) is 9.79 Å². The molecule has 1 aliphatic heterocycles. The molecule has 0 saturated carbocycles. The number of allylic oxidation sites excluding steroid dienone is 1. The number of thioether (sulfide) groups is 1. The zero-order valence-corrected chi connectivity index (χ0v) is 16.8. The fourth-order valence-electron chi connectivity index (χ4n) is 2.83. The molecule has 1 unspecified atom stereocenters. The van der Waals surface area contributed by atoms with Crippen molar-refractivity contribution in [2.24, 2.45) is 4.99 Å². The number of amidine groups is 1. The van der Waals surface area contributed by atoms with Crippen LogP contribution in [-0.2, 0) is 15.3 Å². The second kappa shape index (κ2) is 9.11. The lowest BCUT2D eigenvalue weighted by molar-refractivity contribution is -0.138. The second-order valence-corrected chi connectivity index (χ2v) is 7.38. The molecule has 4 nitrogen and oxygen atoms in total. The number of carbonyl (C=O) groups is 1. The highest BCUT2D eigenvalue weighted by Gasteiger charge is 2.30. The predicted octanol–water partition coefficient (Wildman–Crippen LogP) is 5.11. The van der Waals surface area contributed by atoms with E-state index >= 15 is 0 Å². The number of aliphatic imine (C=N–C) groups is 1. The lowest BCUT2D eigenvalue weighted by atomic mass is 9.97. The van der Waals surface area contributed by atoms with Crippen molar-refractivity contribution < 1.29 is 9.53 Å². The Morgan fingerprint density at radius 1 is 1.19 bits per heavy atom. The molecule has 0 spiro atoms. The van der Waals surface area contributed by atoms with Gasteiger partial charge < -0.3 is 10.1 Å². The number of halogens is 1. The summed E-state index contributed by atoms with van der Waals surface area (Å²) in [7, 11) is 0. The summed E-state index contributed by atoms with van der Waals surface area (Å²) in [5.41, 5.74) is 3.31. The molecule has 140 valence electrons. The van der Waals surface area contributed by atoms with E-state index in [0.717, 1.165) is 27.0 Å². The van der Waals surface area contributed by atoms with Crippen LogP contribution in [0.15, 0.2) is 70.9 Å². The minimum atomic E-state index is -0.389. The molecule has 0 amide bonds. The van der Waals surface area contributed by atoms with Gasteiger partial charge in [-0.05, 0) is 31.0 Å². The summed E-state index contributed by atoms with van der Waals surface area (Å²) < 4.78 is 5.25. The normalized spacial score (nSPS) is 16.6. The van der Waals surface area contributed by atoms with Crippen LogP contribution in [0.5, 0.6) is 0 Å². The zero-order chi connectivity index (χ0) is 19.2. The quantitative estimate of drug-likeness (QED) is 0.708. The summed E-state index contributed by atoms with van der Waals surface area (Å²) >= 11 is 7.81. The number of esters is 1. The molecule has 0 radical (unpaired) electrons. The summed E-state index contributed by atoms with van der Waals surface area (Å²) in [6.07, 6.45) is 0. The van der Waals surface area contributed by atoms with Gasteiger partial charge in [-0.2, -0.15) is 0 Å². The van der Waals surface area contributed by atoms with E-state index in [2.05, 4.69) is 5.32 Å². The molecule has 27 heavy (non-hydrogen) atoms. The van der Waals surface area contributed by atoms with Crippen molar-refractivity contribution in [1.29, 1.82) is 0 Å². The Morgan fingerprint density at radius 3 is 2.59 bits per heavy atom. The molecule has 1 heterocycles. The number of rotatable bonds is 5. The molecule has 3 rings (SSSR count). The van der Waals surface area contributed by atoms with Crippen molar-refractivity contribution in [3.63, 3.8) is 0 Å². The summed E-state index contributed by atoms with van der Waals surface area (Å²) in [4.78, 5) is 17.3. The Kier molecular flexibility index (Phi) is 6.58. The van der Waals surface area contributed by atoms with E-state index in [0.29, 0.717) is 17.9 Å². The molecule has 2 aromatic rings.